The molecule has 3 rings (SSSR count). The van der Waals surface area contributed by atoms with E-state index in [1.54, 1.807) is 18.2 Å². The summed E-state index contributed by atoms with van der Waals surface area (Å²) in [7, 11) is 0. The number of nitrogens with one attached hydrogen (secondary N) is 2. The van der Waals surface area contributed by atoms with Crippen LogP contribution in [0.5, 0.6) is 0 Å². The largest absolute Gasteiger partial charge is 0.394 e. The molecule has 0 bridgehead atoms. The second-order valence-corrected chi connectivity index (χ2v) is 7.13. The highest BCUT2D eigenvalue weighted by atomic mass is 35.5. The van der Waals surface area contributed by atoms with Crippen molar-refractivity contribution in [1.29, 1.82) is 0 Å². The molecule has 0 amide bonds. The smallest absolute Gasteiger partial charge is 0.225 e. The SMILES string of the molecule is CC(C)[C@H](CO)Nc1nc(Nc2c(F)cccc2Cl)cc(-c2ccccc2)n1. The third-order valence-electron chi connectivity index (χ3n) is 4.33. The monoisotopic (exact) mass is 400 g/mol. The van der Waals surface area contributed by atoms with Crippen LogP contribution in [0.25, 0.3) is 11.3 Å². The van der Waals surface area contributed by atoms with Crippen molar-refractivity contribution in [3.8, 4) is 11.3 Å². The quantitative estimate of drug-likeness (QED) is 0.514. The summed E-state index contributed by atoms with van der Waals surface area (Å²) in [6.07, 6.45) is 0. The van der Waals surface area contributed by atoms with Crippen LogP contribution in [0.4, 0.5) is 21.8 Å². The van der Waals surface area contributed by atoms with E-state index < -0.39 is 5.82 Å². The molecule has 0 saturated heterocycles. The predicted molar refractivity (Wildman–Crippen MR) is 111 cm³/mol. The third kappa shape index (κ3) is 4.77. The summed E-state index contributed by atoms with van der Waals surface area (Å²) in [6.45, 7) is 3.93. The molecule has 0 aliphatic carbocycles. The van der Waals surface area contributed by atoms with Gasteiger partial charge in [-0.15, -0.1) is 0 Å². The maximum Gasteiger partial charge on any atom is 0.225 e. The molecule has 3 N–H and O–H groups in total. The van der Waals surface area contributed by atoms with Crippen LogP contribution in [-0.2, 0) is 0 Å². The number of aliphatic hydroxyl groups is 1. The molecule has 1 heterocycles. The Hall–Kier alpha value is -2.70. The summed E-state index contributed by atoms with van der Waals surface area (Å²) >= 11 is 6.13. The highest BCUT2D eigenvalue weighted by molar-refractivity contribution is 6.33. The lowest BCUT2D eigenvalue weighted by atomic mass is 10.1. The molecular formula is C21H22ClFN4O. The van der Waals surface area contributed by atoms with Crippen LogP contribution < -0.4 is 10.6 Å². The van der Waals surface area contributed by atoms with E-state index in [1.165, 1.54) is 6.07 Å². The van der Waals surface area contributed by atoms with Crippen LogP contribution in [0, 0.1) is 11.7 Å². The molecule has 0 spiro atoms. The Morgan fingerprint density at radius 1 is 1.07 bits per heavy atom. The molecule has 0 fully saturated rings. The zero-order valence-electron chi connectivity index (χ0n) is 15.7. The van der Waals surface area contributed by atoms with Crippen LogP contribution in [0.3, 0.4) is 0 Å². The van der Waals surface area contributed by atoms with Gasteiger partial charge >= 0.3 is 0 Å². The number of benzene rings is 2. The Morgan fingerprint density at radius 2 is 1.82 bits per heavy atom. The van der Waals surface area contributed by atoms with E-state index in [4.69, 9.17) is 11.6 Å². The maximum atomic E-state index is 14.2. The first-order valence-electron chi connectivity index (χ1n) is 9.01. The van der Waals surface area contributed by atoms with Gasteiger partial charge in [-0.1, -0.05) is 61.8 Å². The number of rotatable bonds is 7. The normalized spacial score (nSPS) is 12.1. The topological polar surface area (TPSA) is 70.1 Å². The average molecular weight is 401 g/mol. The number of hydrogen-bond donors (Lipinski definition) is 3. The molecule has 0 aliphatic rings. The lowest BCUT2D eigenvalue weighted by Gasteiger charge is -2.21. The molecule has 7 heteroatoms. The van der Waals surface area contributed by atoms with Crippen molar-refractivity contribution < 1.29 is 9.50 Å². The summed E-state index contributed by atoms with van der Waals surface area (Å²) in [5, 5.41) is 16.0. The number of para-hydroxylation sites is 1. The fraction of sp³-hybridized carbons (Fsp3) is 0.238. The first kappa shape index (κ1) is 20.0. The lowest BCUT2D eigenvalue weighted by Crippen LogP contribution is -2.30. The van der Waals surface area contributed by atoms with Crippen LogP contribution >= 0.6 is 11.6 Å². The van der Waals surface area contributed by atoms with E-state index in [9.17, 15) is 9.50 Å². The van der Waals surface area contributed by atoms with Gasteiger partial charge in [-0.25, -0.2) is 9.37 Å². The highest BCUT2D eigenvalue weighted by Gasteiger charge is 2.16. The van der Waals surface area contributed by atoms with E-state index >= 15 is 0 Å². The zero-order chi connectivity index (χ0) is 20.1. The van der Waals surface area contributed by atoms with Gasteiger partial charge in [-0.05, 0) is 18.1 Å². The van der Waals surface area contributed by atoms with Crippen molar-refractivity contribution in [3.05, 3.63) is 65.4 Å². The maximum absolute atomic E-state index is 14.2. The Balaban J connectivity index is 2.02. The Bertz CT molecular complexity index is 917. The van der Waals surface area contributed by atoms with Crippen LogP contribution in [0.15, 0.2) is 54.6 Å². The van der Waals surface area contributed by atoms with Crippen molar-refractivity contribution in [2.24, 2.45) is 5.92 Å². The molecule has 146 valence electrons. The van der Waals surface area contributed by atoms with Gasteiger partial charge in [0, 0.05) is 11.6 Å². The van der Waals surface area contributed by atoms with Gasteiger partial charge in [-0.2, -0.15) is 4.98 Å². The molecular weight excluding hydrogens is 379 g/mol. The third-order valence-corrected chi connectivity index (χ3v) is 4.64. The second kappa shape index (κ2) is 8.99. The number of hydrogen-bond acceptors (Lipinski definition) is 5. The summed E-state index contributed by atoms with van der Waals surface area (Å²) in [6, 6.07) is 15.6. The minimum atomic E-state index is -0.475. The molecule has 0 radical (unpaired) electrons. The minimum absolute atomic E-state index is 0.0570. The Kier molecular flexibility index (Phi) is 6.44. The van der Waals surface area contributed by atoms with Crippen LogP contribution in [0.2, 0.25) is 5.02 Å². The van der Waals surface area contributed by atoms with Gasteiger partial charge in [-0.3, -0.25) is 0 Å². The molecule has 2 aromatic carbocycles. The Labute approximate surface area is 168 Å². The number of nitrogens with zero attached hydrogens (tertiary/aromatic N) is 2. The number of anilines is 3. The van der Waals surface area contributed by atoms with E-state index in [2.05, 4.69) is 20.6 Å². The van der Waals surface area contributed by atoms with Gasteiger partial charge in [0.1, 0.15) is 11.6 Å². The van der Waals surface area contributed by atoms with Crippen molar-refractivity contribution >= 4 is 29.1 Å². The minimum Gasteiger partial charge on any atom is -0.394 e. The van der Waals surface area contributed by atoms with E-state index in [-0.39, 0.29) is 29.3 Å². The fourth-order valence-corrected chi connectivity index (χ4v) is 2.88. The van der Waals surface area contributed by atoms with Crippen LogP contribution in [0.1, 0.15) is 13.8 Å². The number of aliphatic hydroxyl groups excluding tert-OH is 1. The molecule has 0 aliphatic heterocycles. The van der Waals surface area contributed by atoms with Crippen molar-refractivity contribution in [2.45, 2.75) is 19.9 Å². The molecule has 0 unspecified atom stereocenters. The fourth-order valence-electron chi connectivity index (χ4n) is 2.67. The van der Waals surface area contributed by atoms with Crippen molar-refractivity contribution in [2.75, 3.05) is 17.2 Å². The van der Waals surface area contributed by atoms with E-state index in [1.807, 2.05) is 44.2 Å². The van der Waals surface area contributed by atoms with Crippen molar-refractivity contribution in [1.82, 2.24) is 9.97 Å². The summed E-state index contributed by atoms with van der Waals surface area (Å²) in [5.41, 5.74) is 1.70. The predicted octanol–water partition coefficient (Wildman–Crippen LogP) is 5.11. The van der Waals surface area contributed by atoms with Gasteiger partial charge in [0.2, 0.25) is 5.95 Å². The van der Waals surface area contributed by atoms with Crippen LogP contribution in [-0.4, -0.2) is 27.7 Å². The number of halogens is 2. The Morgan fingerprint density at radius 3 is 2.46 bits per heavy atom. The zero-order valence-corrected chi connectivity index (χ0v) is 16.4. The molecule has 0 saturated carbocycles. The van der Waals surface area contributed by atoms with Gasteiger partial charge in [0.25, 0.3) is 0 Å². The summed E-state index contributed by atoms with van der Waals surface area (Å²) < 4.78 is 14.2. The average Bonchev–Trinajstić information content (AvgIpc) is 2.69. The van der Waals surface area contributed by atoms with E-state index in [0.29, 0.717) is 17.5 Å². The van der Waals surface area contributed by atoms with Crippen molar-refractivity contribution in [3.63, 3.8) is 0 Å². The molecule has 1 aromatic heterocycles. The first-order valence-corrected chi connectivity index (χ1v) is 9.38. The summed E-state index contributed by atoms with van der Waals surface area (Å²) in [5.74, 6) is 0.427. The standard InChI is InChI=1S/C21H22ClFN4O/c1-13(2)18(12-28)25-21-24-17(14-7-4-3-5-8-14)11-19(27-21)26-20-15(22)9-6-10-16(20)23/h3-11,13,18,28H,12H2,1-2H3,(H2,24,25,26,27)/t18-/m0/s1. The molecule has 5 nitrogen and oxygen atoms in total. The van der Waals surface area contributed by atoms with Gasteiger partial charge in [0.05, 0.1) is 29.1 Å². The second-order valence-electron chi connectivity index (χ2n) is 6.73. The summed E-state index contributed by atoms with van der Waals surface area (Å²) in [4.78, 5) is 9.00. The van der Waals surface area contributed by atoms with E-state index in [0.717, 1.165) is 5.56 Å². The van der Waals surface area contributed by atoms with Gasteiger partial charge in [0.15, 0.2) is 0 Å². The van der Waals surface area contributed by atoms with Gasteiger partial charge < -0.3 is 15.7 Å². The molecule has 3 aromatic rings. The first-order chi connectivity index (χ1) is 13.5. The molecule has 1 atom stereocenters. The lowest BCUT2D eigenvalue weighted by molar-refractivity contribution is 0.248. The number of aromatic nitrogens is 2. The molecule has 28 heavy (non-hydrogen) atoms. The highest BCUT2D eigenvalue weighted by Crippen LogP contribution is 2.29.